The van der Waals surface area contributed by atoms with Crippen LogP contribution in [0.25, 0.3) is 0 Å². The van der Waals surface area contributed by atoms with E-state index in [4.69, 9.17) is 0 Å². The number of carbonyl (C=O) groups is 2. The lowest BCUT2D eigenvalue weighted by Crippen LogP contribution is -2.52. The van der Waals surface area contributed by atoms with Crippen LogP contribution in [-0.4, -0.2) is 28.3 Å². The average Bonchev–Trinajstić information content (AvgIpc) is 2.59. The SMILES string of the molecule is C[C@@H](C(=O)NC(C)(C)C)N(Cc1cccc(Br)c1)C(=O)Cc1ccc(F)cc1. The molecule has 0 aliphatic rings. The molecule has 0 fully saturated rings. The van der Waals surface area contributed by atoms with Crippen LogP contribution in [0, 0.1) is 5.82 Å². The van der Waals surface area contributed by atoms with Gasteiger partial charge in [-0.1, -0.05) is 40.2 Å². The molecule has 28 heavy (non-hydrogen) atoms. The predicted octanol–water partition coefficient (Wildman–Crippen LogP) is 4.46. The van der Waals surface area contributed by atoms with E-state index in [0.717, 1.165) is 10.0 Å². The molecule has 2 aromatic carbocycles. The molecular weight excluding hydrogens is 423 g/mol. The van der Waals surface area contributed by atoms with Crippen molar-refractivity contribution in [3.05, 3.63) is 69.9 Å². The Bertz CT molecular complexity index is 831. The van der Waals surface area contributed by atoms with E-state index in [9.17, 15) is 14.0 Å². The third-order valence-corrected chi connectivity index (χ3v) is 4.67. The Morgan fingerprint density at radius 2 is 1.75 bits per heavy atom. The van der Waals surface area contributed by atoms with Crippen molar-refractivity contribution in [1.29, 1.82) is 0 Å². The highest BCUT2D eigenvalue weighted by Crippen LogP contribution is 2.17. The van der Waals surface area contributed by atoms with Crippen molar-refractivity contribution in [2.24, 2.45) is 0 Å². The Hall–Kier alpha value is -2.21. The fourth-order valence-electron chi connectivity index (χ4n) is 2.77. The van der Waals surface area contributed by atoms with Crippen LogP contribution in [0.15, 0.2) is 53.0 Å². The second-order valence-corrected chi connectivity index (χ2v) is 8.79. The van der Waals surface area contributed by atoms with Gasteiger partial charge in [0.05, 0.1) is 6.42 Å². The molecule has 150 valence electrons. The van der Waals surface area contributed by atoms with E-state index in [0.29, 0.717) is 12.1 Å². The number of rotatable bonds is 6. The maximum absolute atomic E-state index is 13.1. The van der Waals surface area contributed by atoms with Crippen molar-refractivity contribution >= 4 is 27.7 Å². The Morgan fingerprint density at radius 1 is 1.11 bits per heavy atom. The number of nitrogens with one attached hydrogen (secondary N) is 1. The molecule has 0 aliphatic heterocycles. The highest BCUT2D eigenvalue weighted by Gasteiger charge is 2.28. The van der Waals surface area contributed by atoms with Gasteiger partial charge in [-0.15, -0.1) is 0 Å². The number of halogens is 2. The van der Waals surface area contributed by atoms with Crippen molar-refractivity contribution in [1.82, 2.24) is 10.2 Å². The van der Waals surface area contributed by atoms with Crippen molar-refractivity contribution in [3.8, 4) is 0 Å². The molecule has 1 atom stereocenters. The molecule has 0 aromatic heterocycles. The molecule has 0 saturated heterocycles. The lowest BCUT2D eigenvalue weighted by Gasteiger charge is -2.31. The quantitative estimate of drug-likeness (QED) is 0.708. The molecular formula is C22H26BrFN2O2. The van der Waals surface area contributed by atoms with Gasteiger partial charge in [-0.25, -0.2) is 4.39 Å². The molecule has 0 heterocycles. The summed E-state index contributed by atoms with van der Waals surface area (Å²) >= 11 is 3.44. The lowest BCUT2D eigenvalue weighted by atomic mass is 10.1. The van der Waals surface area contributed by atoms with Crippen molar-refractivity contribution in [2.45, 2.75) is 52.2 Å². The highest BCUT2D eigenvalue weighted by atomic mass is 79.9. The molecule has 0 aliphatic carbocycles. The number of hydrogen-bond donors (Lipinski definition) is 1. The number of benzene rings is 2. The van der Waals surface area contributed by atoms with Gasteiger partial charge >= 0.3 is 0 Å². The molecule has 6 heteroatoms. The van der Waals surface area contributed by atoms with Crippen LogP contribution in [0.4, 0.5) is 4.39 Å². The van der Waals surface area contributed by atoms with Gasteiger partial charge < -0.3 is 10.2 Å². The third kappa shape index (κ3) is 6.75. The van der Waals surface area contributed by atoms with Crippen LogP contribution in [0.1, 0.15) is 38.8 Å². The Balaban J connectivity index is 2.24. The second-order valence-electron chi connectivity index (χ2n) is 7.87. The average molecular weight is 449 g/mol. The lowest BCUT2D eigenvalue weighted by molar-refractivity contribution is -0.140. The van der Waals surface area contributed by atoms with Crippen LogP contribution in [-0.2, 0) is 22.6 Å². The van der Waals surface area contributed by atoms with Gasteiger partial charge in [-0.3, -0.25) is 9.59 Å². The largest absolute Gasteiger partial charge is 0.350 e. The molecule has 2 rings (SSSR count). The van der Waals surface area contributed by atoms with Gasteiger partial charge in [0.15, 0.2) is 0 Å². The van der Waals surface area contributed by atoms with Crippen LogP contribution in [0.3, 0.4) is 0 Å². The van der Waals surface area contributed by atoms with E-state index in [1.807, 2.05) is 45.0 Å². The zero-order valence-corrected chi connectivity index (χ0v) is 18.2. The minimum atomic E-state index is -0.647. The summed E-state index contributed by atoms with van der Waals surface area (Å²) in [5, 5.41) is 2.93. The van der Waals surface area contributed by atoms with E-state index >= 15 is 0 Å². The first kappa shape index (κ1) is 22.1. The summed E-state index contributed by atoms with van der Waals surface area (Å²) in [7, 11) is 0. The smallest absolute Gasteiger partial charge is 0.242 e. The Labute approximate surface area is 174 Å². The monoisotopic (exact) mass is 448 g/mol. The highest BCUT2D eigenvalue weighted by molar-refractivity contribution is 9.10. The van der Waals surface area contributed by atoms with Gasteiger partial charge in [0.25, 0.3) is 0 Å². The van der Waals surface area contributed by atoms with Crippen LogP contribution < -0.4 is 5.32 Å². The van der Waals surface area contributed by atoms with Gasteiger partial charge in [0.1, 0.15) is 11.9 Å². The van der Waals surface area contributed by atoms with Gasteiger partial charge in [0.2, 0.25) is 11.8 Å². The third-order valence-electron chi connectivity index (χ3n) is 4.18. The summed E-state index contributed by atoms with van der Waals surface area (Å²) in [5.74, 6) is -0.752. The first-order valence-electron chi connectivity index (χ1n) is 9.15. The summed E-state index contributed by atoms with van der Waals surface area (Å²) in [4.78, 5) is 27.3. The normalized spacial score (nSPS) is 12.4. The topological polar surface area (TPSA) is 49.4 Å². The minimum Gasteiger partial charge on any atom is -0.350 e. The molecule has 0 unspecified atom stereocenters. The first-order valence-corrected chi connectivity index (χ1v) is 9.95. The maximum Gasteiger partial charge on any atom is 0.242 e. The second kappa shape index (κ2) is 9.32. The van der Waals surface area contributed by atoms with E-state index < -0.39 is 11.6 Å². The summed E-state index contributed by atoms with van der Waals surface area (Å²) in [5.41, 5.74) is 1.22. The summed E-state index contributed by atoms with van der Waals surface area (Å²) in [6, 6.07) is 12.8. The fourth-order valence-corrected chi connectivity index (χ4v) is 3.21. The van der Waals surface area contributed by atoms with E-state index in [1.54, 1.807) is 24.0 Å². The van der Waals surface area contributed by atoms with E-state index in [-0.39, 0.29) is 24.1 Å². The molecule has 2 aromatic rings. The van der Waals surface area contributed by atoms with Gasteiger partial charge in [-0.05, 0) is 63.1 Å². The minimum absolute atomic E-state index is 0.0986. The molecule has 0 bridgehead atoms. The maximum atomic E-state index is 13.1. The molecule has 0 spiro atoms. The molecule has 4 nitrogen and oxygen atoms in total. The number of hydrogen-bond acceptors (Lipinski definition) is 2. The van der Waals surface area contributed by atoms with Crippen molar-refractivity contribution in [2.75, 3.05) is 0 Å². The summed E-state index contributed by atoms with van der Waals surface area (Å²) < 4.78 is 14.1. The Kier molecular flexibility index (Phi) is 7.35. The van der Waals surface area contributed by atoms with Gasteiger partial charge in [-0.2, -0.15) is 0 Å². The van der Waals surface area contributed by atoms with Crippen LogP contribution >= 0.6 is 15.9 Å². The fraction of sp³-hybridized carbons (Fsp3) is 0.364. The standard InChI is InChI=1S/C22H26BrFN2O2/c1-15(21(28)25-22(2,3)4)26(14-17-6-5-7-18(23)12-17)20(27)13-16-8-10-19(24)11-9-16/h5-12,15H,13-14H2,1-4H3,(H,25,28)/t15-/m0/s1. The van der Waals surface area contributed by atoms with Gasteiger partial charge in [0, 0.05) is 16.6 Å². The van der Waals surface area contributed by atoms with Crippen LogP contribution in [0.2, 0.25) is 0 Å². The molecule has 2 amide bonds. The van der Waals surface area contributed by atoms with Crippen molar-refractivity contribution < 1.29 is 14.0 Å². The molecule has 1 N–H and O–H groups in total. The van der Waals surface area contributed by atoms with E-state index in [2.05, 4.69) is 21.2 Å². The number of amides is 2. The van der Waals surface area contributed by atoms with E-state index in [1.165, 1.54) is 12.1 Å². The number of nitrogens with zero attached hydrogens (tertiary/aromatic N) is 1. The zero-order chi connectivity index (χ0) is 20.9. The predicted molar refractivity (Wildman–Crippen MR) is 112 cm³/mol. The summed E-state index contributed by atoms with van der Waals surface area (Å²) in [6.45, 7) is 7.73. The molecule has 0 radical (unpaired) electrons. The first-order chi connectivity index (χ1) is 13.0. The van der Waals surface area contributed by atoms with Crippen LogP contribution in [0.5, 0.6) is 0 Å². The Morgan fingerprint density at radius 3 is 2.32 bits per heavy atom. The summed E-state index contributed by atoms with van der Waals surface area (Å²) in [6.07, 6.45) is 0.0986. The number of carbonyl (C=O) groups excluding carboxylic acids is 2. The van der Waals surface area contributed by atoms with Crippen molar-refractivity contribution in [3.63, 3.8) is 0 Å². The zero-order valence-electron chi connectivity index (χ0n) is 16.6. The molecule has 0 saturated carbocycles.